The Kier molecular flexibility index (Phi) is 6.57. The van der Waals surface area contributed by atoms with Gasteiger partial charge in [0.1, 0.15) is 10.7 Å². The Labute approximate surface area is 198 Å². The van der Waals surface area contributed by atoms with Gasteiger partial charge in [0.05, 0.1) is 5.02 Å². The number of hydrogen-bond acceptors (Lipinski definition) is 6. The maximum Gasteiger partial charge on any atom is 0.244 e. The summed E-state index contributed by atoms with van der Waals surface area (Å²) in [6.45, 7) is 5.57. The topological polar surface area (TPSA) is 78.4 Å². The summed E-state index contributed by atoms with van der Waals surface area (Å²) in [4.78, 5) is 11.2. The molecule has 0 atom stereocenters. The van der Waals surface area contributed by atoms with E-state index in [0.717, 1.165) is 17.2 Å². The minimum Gasteiger partial charge on any atom is -0.354 e. The van der Waals surface area contributed by atoms with Crippen LogP contribution in [0.25, 0.3) is 0 Å². The van der Waals surface area contributed by atoms with Crippen LogP contribution in [0.5, 0.6) is 0 Å². The first kappa shape index (κ1) is 22.8. The Hall–Kier alpha value is -2.39. The highest BCUT2D eigenvalue weighted by Gasteiger charge is 2.31. The minimum absolute atomic E-state index is 0.0302. The van der Waals surface area contributed by atoms with Crippen molar-refractivity contribution in [2.75, 3.05) is 36.4 Å². The fourth-order valence-corrected chi connectivity index (χ4v) is 5.67. The van der Waals surface area contributed by atoms with Gasteiger partial charge in [-0.05, 0) is 44.2 Å². The number of anilines is 3. The van der Waals surface area contributed by atoms with Gasteiger partial charge in [-0.2, -0.15) is 9.29 Å². The van der Waals surface area contributed by atoms with Crippen molar-refractivity contribution < 1.29 is 8.42 Å². The number of nitrogens with one attached hydrogen (secondary N) is 1. The molecule has 1 saturated heterocycles. The van der Waals surface area contributed by atoms with Crippen LogP contribution in [-0.4, -0.2) is 48.9 Å². The van der Waals surface area contributed by atoms with E-state index in [-0.39, 0.29) is 9.92 Å². The smallest absolute Gasteiger partial charge is 0.244 e. The molecule has 0 radical (unpaired) electrons. The second-order valence-corrected chi connectivity index (χ2v) is 10.4. The molecule has 0 unspecified atom stereocenters. The summed E-state index contributed by atoms with van der Waals surface area (Å²) in [6.07, 6.45) is 0. The molecule has 0 amide bonds. The molecule has 10 heteroatoms. The number of nitrogens with zero attached hydrogens (tertiary/aromatic N) is 4. The van der Waals surface area contributed by atoms with Crippen LogP contribution in [0, 0.1) is 13.8 Å². The van der Waals surface area contributed by atoms with Crippen LogP contribution in [0.3, 0.4) is 0 Å². The summed E-state index contributed by atoms with van der Waals surface area (Å²) >= 11 is 12.1. The molecule has 1 aliphatic rings. The van der Waals surface area contributed by atoms with E-state index in [1.165, 1.54) is 22.0 Å². The Balaban J connectivity index is 1.49. The molecule has 1 N–H and O–H groups in total. The SMILES string of the molecule is Cc1ccc(Nc2nc(C)cc(N3CCN(S(=O)(=O)c4cc(Cl)ccc4Cl)CC3)n2)cc1. The summed E-state index contributed by atoms with van der Waals surface area (Å²) in [6, 6.07) is 14.4. The molecule has 0 spiro atoms. The molecule has 1 aliphatic heterocycles. The summed E-state index contributed by atoms with van der Waals surface area (Å²) < 4.78 is 27.6. The lowest BCUT2D eigenvalue weighted by Crippen LogP contribution is -2.49. The average Bonchev–Trinajstić information content (AvgIpc) is 2.76. The van der Waals surface area contributed by atoms with Crippen molar-refractivity contribution in [3.63, 3.8) is 0 Å². The predicted molar refractivity (Wildman–Crippen MR) is 129 cm³/mol. The van der Waals surface area contributed by atoms with Crippen LogP contribution in [0.2, 0.25) is 10.0 Å². The van der Waals surface area contributed by atoms with Gasteiger partial charge >= 0.3 is 0 Å². The molecule has 3 aromatic rings. The van der Waals surface area contributed by atoms with Gasteiger partial charge in [0, 0.05) is 48.6 Å². The molecule has 168 valence electrons. The van der Waals surface area contributed by atoms with Crippen LogP contribution < -0.4 is 10.2 Å². The maximum atomic E-state index is 13.1. The number of hydrogen-bond donors (Lipinski definition) is 1. The van der Waals surface area contributed by atoms with E-state index in [1.54, 1.807) is 6.07 Å². The highest BCUT2D eigenvalue weighted by Crippen LogP contribution is 2.29. The van der Waals surface area contributed by atoms with Crippen LogP contribution >= 0.6 is 23.2 Å². The maximum absolute atomic E-state index is 13.1. The van der Waals surface area contributed by atoms with Crippen LogP contribution in [0.4, 0.5) is 17.5 Å². The molecule has 32 heavy (non-hydrogen) atoms. The molecule has 0 bridgehead atoms. The number of piperazine rings is 1. The molecule has 2 aromatic carbocycles. The first-order valence-corrected chi connectivity index (χ1v) is 12.3. The Bertz CT molecular complexity index is 1230. The molecule has 0 saturated carbocycles. The van der Waals surface area contributed by atoms with E-state index in [4.69, 9.17) is 23.2 Å². The third-order valence-corrected chi connectivity index (χ3v) is 7.84. The van der Waals surface area contributed by atoms with Gasteiger partial charge in [-0.15, -0.1) is 0 Å². The number of sulfonamides is 1. The lowest BCUT2D eigenvalue weighted by atomic mass is 10.2. The summed E-state index contributed by atoms with van der Waals surface area (Å²) in [5.74, 6) is 1.26. The van der Waals surface area contributed by atoms with Gasteiger partial charge in [-0.1, -0.05) is 40.9 Å². The molecule has 4 rings (SSSR count). The van der Waals surface area contributed by atoms with Gasteiger partial charge in [0.25, 0.3) is 0 Å². The largest absolute Gasteiger partial charge is 0.354 e. The van der Waals surface area contributed by atoms with Crippen LogP contribution in [-0.2, 0) is 10.0 Å². The summed E-state index contributed by atoms with van der Waals surface area (Å²) in [5, 5.41) is 3.73. The van der Waals surface area contributed by atoms with Crippen LogP contribution in [0.1, 0.15) is 11.3 Å². The van der Waals surface area contributed by atoms with Crippen molar-refractivity contribution in [1.29, 1.82) is 0 Å². The number of rotatable bonds is 5. The molecule has 2 heterocycles. The van der Waals surface area contributed by atoms with Crippen molar-refractivity contribution in [2.24, 2.45) is 0 Å². The van der Waals surface area contributed by atoms with Crippen molar-refractivity contribution in [3.05, 3.63) is 69.8 Å². The summed E-state index contributed by atoms with van der Waals surface area (Å²) in [7, 11) is -3.74. The third-order valence-electron chi connectivity index (χ3n) is 5.22. The van der Waals surface area contributed by atoms with Crippen molar-refractivity contribution >= 4 is 50.7 Å². The Morgan fingerprint density at radius 3 is 2.28 bits per heavy atom. The first-order chi connectivity index (χ1) is 15.2. The number of halogens is 2. The molecule has 0 aliphatic carbocycles. The van der Waals surface area contributed by atoms with E-state index in [9.17, 15) is 8.42 Å². The third kappa shape index (κ3) is 4.99. The van der Waals surface area contributed by atoms with Crippen molar-refractivity contribution in [1.82, 2.24) is 14.3 Å². The van der Waals surface area contributed by atoms with Gasteiger partial charge in [0.15, 0.2) is 0 Å². The second kappa shape index (κ2) is 9.23. The predicted octanol–water partition coefficient (Wildman–Crippen LogP) is 4.65. The molecule has 1 aromatic heterocycles. The van der Waals surface area contributed by atoms with Crippen molar-refractivity contribution in [3.8, 4) is 0 Å². The average molecular weight is 492 g/mol. The number of aromatic nitrogens is 2. The fourth-order valence-electron chi connectivity index (χ4n) is 3.51. The zero-order valence-corrected chi connectivity index (χ0v) is 20.0. The van der Waals surface area contributed by atoms with Gasteiger partial charge in [-0.25, -0.2) is 13.4 Å². The molecular weight excluding hydrogens is 469 g/mol. The molecule has 7 nitrogen and oxygen atoms in total. The van der Waals surface area contributed by atoms with E-state index in [0.29, 0.717) is 37.1 Å². The highest BCUT2D eigenvalue weighted by atomic mass is 35.5. The Morgan fingerprint density at radius 1 is 0.906 bits per heavy atom. The minimum atomic E-state index is -3.74. The quantitative estimate of drug-likeness (QED) is 0.559. The highest BCUT2D eigenvalue weighted by molar-refractivity contribution is 7.89. The van der Waals surface area contributed by atoms with E-state index in [1.807, 2.05) is 44.2 Å². The van der Waals surface area contributed by atoms with Gasteiger partial charge < -0.3 is 10.2 Å². The van der Waals surface area contributed by atoms with E-state index < -0.39 is 10.0 Å². The lowest BCUT2D eigenvalue weighted by Gasteiger charge is -2.35. The van der Waals surface area contributed by atoms with Gasteiger partial charge in [-0.3, -0.25) is 0 Å². The molecule has 1 fully saturated rings. The Morgan fingerprint density at radius 2 is 1.59 bits per heavy atom. The normalized spacial score (nSPS) is 15.1. The van der Waals surface area contributed by atoms with E-state index >= 15 is 0 Å². The number of aryl methyl sites for hydroxylation is 2. The monoisotopic (exact) mass is 491 g/mol. The zero-order valence-electron chi connectivity index (χ0n) is 17.7. The summed E-state index contributed by atoms with van der Waals surface area (Å²) in [5.41, 5.74) is 2.90. The first-order valence-electron chi connectivity index (χ1n) is 10.1. The fraction of sp³-hybridized carbons (Fsp3) is 0.273. The van der Waals surface area contributed by atoms with Crippen LogP contribution in [0.15, 0.2) is 53.4 Å². The number of benzene rings is 2. The zero-order chi connectivity index (χ0) is 22.9. The molecular formula is C22H23Cl2N5O2S. The second-order valence-electron chi connectivity index (χ2n) is 7.65. The van der Waals surface area contributed by atoms with Gasteiger partial charge in [0.2, 0.25) is 16.0 Å². The van der Waals surface area contributed by atoms with Crippen molar-refractivity contribution in [2.45, 2.75) is 18.7 Å². The lowest BCUT2D eigenvalue weighted by molar-refractivity contribution is 0.384. The standard InChI is InChI=1S/C22H23Cl2N5O2S/c1-15-3-6-18(7-4-15)26-22-25-16(2)13-21(27-22)28-9-11-29(12-10-28)32(30,31)20-14-17(23)5-8-19(20)24/h3-8,13-14H,9-12H2,1-2H3,(H,25,26,27). The van der Waals surface area contributed by atoms with E-state index in [2.05, 4.69) is 20.2 Å².